The zero-order valence-corrected chi connectivity index (χ0v) is 18.8. The normalized spacial score (nSPS) is 19.3. The maximum atomic E-state index is 13.0. The molecule has 0 radical (unpaired) electrons. The molecule has 5 nitrogen and oxygen atoms in total. The van der Waals surface area contributed by atoms with E-state index in [0.29, 0.717) is 6.32 Å². The van der Waals surface area contributed by atoms with Gasteiger partial charge in [0.05, 0.1) is 16.1 Å². The Morgan fingerprint density at radius 1 is 0.931 bits per heavy atom. The van der Waals surface area contributed by atoms with Crippen molar-refractivity contribution in [3.05, 3.63) is 65.2 Å². The van der Waals surface area contributed by atoms with Gasteiger partial charge in [-0.15, -0.1) is 0 Å². The molecule has 0 aromatic heterocycles. The fraction of sp³-hybridized carbons (Fsp3) is 0.455. The molecule has 7 heteroatoms. The molecule has 1 fully saturated rings. The highest BCUT2D eigenvalue weighted by molar-refractivity contribution is 7.89. The summed E-state index contributed by atoms with van der Waals surface area (Å²) in [4.78, 5) is 0.245. The van der Waals surface area contributed by atoms with Crippen molar-refractivity contribution in [2.45, 2.75) is 70.0 Å². The van der Waals surface area contributed by atoms with Crippen LogP contribution in [0.2, 0.25) is 6.32 Å². The highest BCUT2D eigenvalue weighted by atomic mass is 32.2. The lowest BCUT2D eigenvalue weighted by atomic mass is 9.78. The predicted octanol–water partition coefficient (Wildman–Crippen LogP) is 4.42. The third kappa shape index (κ3) is 4.91. The molecule has 0 amide bonds. The summed E-state index contributed by atoms with van der Waals surface area (Å²) in [6.45, 7) is 11.9. The Morgan fingerprint density at radius 3 is 2.07 bits per heavy atom. The zero-order valence-electron chi connectivity index (χ0n) is 18.0. The minimum atomic E-state index is -3.70. The lowest BCUT2D eigenvalue weighted by Crippen LogP contribution is -2.41. The van der Waals surface area contributed by atoms with Crippen molar-refractivity contribution in [2.24, 2.45) is 0 Å². The van der Waals surface area contributed by atoms with E-state index in [1.165, 1.54) is 0 Å². The second-order valence-corrected chi connectivity index (χ2v) is 10.5. The van der Waals surface area contributed by atoms with E-state index in [-0.39, 0.29) is 4.90 Å². The minimum Gasteiger partial charge on any atom is -0.403 e. The van der Waals surface area contributed by atoms with Gasteiger partial charge in [-0.05, 0) is 59.2 Å². The SMILES string of the molecule is Cc1ccc(S(=O)(=O)NC(CB2OC(C)(C)C(C)(C)O2)c2cccc(C)c2)cc1. The second-order valence-electron chi connectivity index (χ2n) is 8.82. The predicted molar refractivity (Wildman–Crippen MR) is 116 cm³/mol. The van der Waals surface area contributed by atoms with Crippen LogP contribution in [-0.4, -0.2) is 26.7 Å². The van der Waals surface area contributed by atoms with Gasteiger partial charge in [-0.25, -0.2) is 13.1 Å². The largest absolute Gasteiger partial charge is 0.459 e. The van der Waals surface area contributed by atoms with Gasteiger partial charge < -0.3 is 9.31 Å². The van der Waals surface area contributed by atoms with Gasteiger partial charge in [0.1, 0.15) is 0 Å². The first-order chi connectivity index (χ1) is 13.4. The summed E-state index contributed by atoms with van der Waals surface area (Å²) in [5.41, 5.74) is 2.03. The molecule has 0 spiro atoms. The third-order valence-electron chi connectivity index (χ3n) is 5.80. The summed E-state index contributed by atoms with van der Waals surface area (Å²) in [5, 5.41) is 0. The summed E-state index contributed by atoms with van der Waals surface area (Å²) >= 11 is 0. The molecule has 1 heterocycles. The quantitative estimate of drug-likeness (QED) is 0.710. The lowest BCUT2D eigenvalue weighted by Gasteiger charge is -2.32. The van der Waals surface area contributed by atoms with E-state index in [4.69, 9.17) is 9.31 Å². The Hall–Kier alpha value is -1.67. The van der Waals surface area contributed by atoms with Crippen LogP contribution in [0.5, 0.6) is 0 Å². The second kappa shape index (κ2) is 7.87. The van der Waals surface area contributed by atoms with Crippen molar-refractivity contribution >= 4 is 17.1 Å². The van der Waals surface area contributed by atoms with Crippen molar-refractivity contribution in [3.63, 3.8) is 0 Å². The first-order valence-corrected chi connectivity index (χ1v) is 11.4. The van der Waals surface area contributed by atoms with Crippen molar-refractivity contribution in [1.82, 2.24) is 4.72 Å². The first-order valence-electron chi connectivity index (χ1n) is 9.91. The van der Waals surface area contributed by atoms with Crippen LogP contribution in [0.15, 0.2) is 53.4 Å². The smallest absolute Gasteiger partial charge is 0.403 e. The van der Waals surface area contributed by atoms with E-state index in [2.05, 4.69) is 4.72 Å². The molecule has 0 aliphatic carbocycles. The number of benzene rings is 2. The zero-order chi connectivity index (χ0) is 21.4. The molecule has 1 saturated heterocycles. The van der Waals surface area contributed by atoms with Crippen molar-refractivity contribution < 1.29 is 17.7 Å². The number of sulfonamides is 1. The number of hydrogen-bond donors (Lipinski definition) is 1. The van der Waals surface area contributed by atoms with E-state index < -0.39 is 34.4 Å². The maximum Gasteiger partial charge on any atom is 0.459 e. The maximum absolute atomic E-state index is 13.0. The molecule has 3 rings (SSSR count). The summed E-state index contributed by atoms with van der Waals surface area (Å²) < 4.78 is 41.2. The molecule has 1 atom stereocenters. The Morgan fingerprint density at radius 2 is 1.52 bits per heavy atom. The topological polar surface area (TPSA) is 64.6 Å². The lowest BCUT2D eigenvalue weighted by molar-refractivity contribution is 0.00578. The molecule has 1 N–H and O–H groups in total. The van der Waals surface area contributed by atoms with Crippen LogP contribution in [0.1, 0.15) is 50.4 Å². The summed E-state index contributed by atoms with van der Waals surface area (Å²) in [7, 11) is -4.21. The highest BCUT2D eigenvalue weighted by Crippen LogP contribution is 2.39. The summed E-state index contributed by atoms with van der Waals surface area (Å²) in [6, 6.07) is 14.2. The standard InChI is InChI=1S/C22H30BNO4S/c1-16-10-12-19(13-11-16)29(25,26)24-20(18-9-7-8-17(2)14-18)15-23-27-21(3,4)22(5,6)28-23/h7-14,20,24H,15H2,1-6H3. The van der Waals surface area contributed by atoms with Crippen molar-refractivity contribution in [3.8, 4) is 0 Å². The molecule has 2 aromatic carbocycles. The molecule has 2 aromatic rings. The molecule has 156 valence electrons. The van der Waals surface area contributed by atoms with E-state index in [1.54, 1.807) is 24.3 Å². The van der Waals surface area contributed by atoms with Crippen LogP contribution in [-0.2, 0) is 19.3 Å². The molecule has 0 bridgehead atoms. The molecule has 29 heavy (non-hydrogen) atoms. The molecule has 1 aliphatic heterocycles. The summed E-state index contributed by atoms with van der Waals surface area (Å²) in [6.07, 6.45) is 0.376. The van der Waals surface area contributed by atoms with Crippen LogP contribution in [0.4, 0.5) is 0 Å². The van der Waals surface area contributed by atoms with Crippen LogP contribution in [0.25, 0.3) is 0 Å². The van der Waals surface area contributed by atoms with Crippen LogP contribution < -0.4 is 4.72 Å². The van der Waals surface area contributed by atoms with Crippen molar-refractivity contribution in [1.29, 1.82) is 0 Å². The number of nitrogens with one attached hydrogen (secondary N) is 1. The number of hydrogen-bond acceptors (Lipinski definition) is 4. The fourth-order valence-corrected chi connectivity index (χ4v) is 4.60. The first kappa shape index (κ1) is 22.0. The Kier molecular flexibility index (Phi) is 5.98. The fourth-order valence-electron chi connectivity index (χ4n) is 3.37. The Bertz CT molecular complexity index is 955. The van der Waals surface area contributed by atoms with Crippen LogP contribution >= 0.6 is 0 Å². The van der Waals surface area contributed by atoms with E-state index in [9.17, 15) is 8.42 Å². The van der Waals surface area contributed by atoms with Gasteiger partial charge in [0, 0.05) is 12.4 Å². The third-order valence-corrected chi connectivity index (χ3v) is 7.29. The van der Waals surface area contributed by atoms with Crippen LogP contribution in [0.3, 0.4) is 0 Å². The van der Waals surface area contributed by atoms with E-state index in [0.717, 1.165) is 16.7 Å². The van der Waals surface area contributed by atoms with Gasteiger partial charge in [-0.3, -0.25) is 0 Å². The Balaban J connectivity index is 1.89. The van der Waals surface area contributed by atoms with Gasteiger partial charge >= 0.3 is 7.12 Å². The van der Waals surface area contributed by atoms with E-state index >= 15 is 0 Å². The van der Waals surface area contributed by atoms with Gasteiger partial charge in [0.15, 0.2) is 0 Å². The molecule has 0 saturated carbocycles. The molecule has 1 aliphatic rings. The Labute approximate surface area is 175 Å². The summed E-state index contributed by atoms with van der Waals surface area (Å²) in [5.74, 6) is 0. The van der Waals surface area contributed by atoms with Gasteiger partial charge in [-0.2, -0.15) is 0 Å². The van der Waals surface area contributed by atoms with Crippen molar-refractivity contribution in [2.75, 3.05) is 0 Å². The molecular formula is C22H30BNO4S. The monoisotopic (exact) mass is 415 g/mol. The van der Waals surface area contributed by atoms with Crippen LogP contribution in [0, 0.1) is 13.8 Å². The average Bonchev–Trinajstić information content (AvgIpc) is 2.81. The van der Waals surface area contributed by atoms with Gasteiger partial charge in [0.25, 0.3) is 0 Å². The minimum absolute atomic E-state index is 0.245. The van der Waals surface area contributed by atoms with Gasteiger partial charge in [0.2, 0.25) is 10.0 Å². The van der Waals surface area contributed by atoms with Gasteiger partial charge in [-0.1, -0.05) is 47.5 Å². The molecular weight excluding hydrogens is 385 g/mol. The van der Waals surface area contributed by atoms with E-state index in [1.807, 2.05) is 65.8 Å². The number of aryl methyl sites for hydroxylation is 2. The number of rotatable bonds is 6. The average molecular weight is 415 g/mol. The molecule has 1 unspecified atom stereocenters. The highest BCUT2D eigenvalue weighted by Gasteiger charge is 2.51.